The summed E-state index contributed by atoms with van der Waals surface area (Å²) in [4.78, 5) is 26.2. The van der Waals surface area contributed by atoms with Gasteiger partial charge in [-0.1, -0.05) is 23.2 Å². The minimum Gasteiger partial charge on any atom is -0.475 e. The van der Waals surface area contributed by atoms with Gasteiger partial charge in [-0.3, -0.25) is 4.79 Å². The molecule has 6 nitrogen and oxygen atoms in total. The summed E-state index contributed by atoms with van der Waals surface area (Å²) in [6, 6.07) is 4.17. The van der Waals surface area contributed by atoms with E-state index in [4.69, 9.17) is 32.7 Å². The quantitative estimate of drug-likeness (QED) is 0.846. The molecule has 0 radical (unpaired) electrons. The first-order valence-electron chi connectivity index (χ1n) is 5.38. The molecular weight excluding hydrogens is 307 g/mol. The topological polar surface area (TPSA) is 92.4 Å². The van der Waals surface area contributed by atoms with Crippen molar-refractivity contribution in [2.45, 2.75) is 6.54 Å². The summed E-state index contributed by atoms with van der Waals surface area (Å²) in [6.45, 7) is 0.0480. The van der Waals surface area contributed by atoms with Gasteiger partial charge in [0.2, 0.25) is 5.76 Å². The number of halogens is 2. The van der Waals surface area contributed by atoms with Gasteiger partial charge < -0.3 is 14.8 Å². The SMILES string of the molecule is O=C(NCc1ccc(C(=O)O)o1)c1cnc(Cl)c(Cl)c1. The average molecular weight is 315 g/mol. The molecule has 2 aromatic rings. The maximum atomic E-state index is 11.8. The molecule has 20 heavy (non-hydrogen) atoms. The van der Waals surface area contributed by atoms with E-state index in [-0.39, 0.29) is 28.0 Å². The number of carbonyl (C=O) groups is 2. The molecule has 0 fully saturated rings. The van der Waals surface area contributed by atoms with E-state index in [9.17, 15) is 9.59 Å². The molecular formula is C12H8Cl2N2O4. The maximum Gasteiger partial charge on any atom is 0.371 e. The van der Waals surface area contributed by atoms with Crippen molar-refractivity contribution in [3.8, 4) is 0 Å². The summed E-state index contributed by atoms with van der Waals surface area (Å²) in [5.41, 5.74) is 0.240. The molecule has 8 heteroatoms. The van der Waals surface area contributed by atoms with Crippen LogP contribution in [0.5, 0.6) is 0 Å². The van der Waals surface area contributed by atoms with Crippen LogP contribution in [-0.4, -0.2) is 22.0 Å². The van der Waals surface area contributed by atoms with E-state index in [2.05, 4.69) is 10.3 Å². The summed E-state index contributed by atoms with van der Waals surface area (Å²) in [6.07, 6.45) is 1.29. The molecule has 0 saturated carbocycles. The van der Waals surface area contributed by atoms with Crippen LogP contribution in [0.2, 0.25) is 10.2 Å². The van der Waals surface area contributed by atoms with Crippen LogP contribution < -0.4 is 5.32 Å². The van der Waals surface area contributed by atoms with Crippen molar-refractivity contribution in [2.24, 2.45) is 0 Å². The van der Waals surface area contributed by atoms with Gasteiger partial charge in [-0.25, -0.2) is 9.78 Å². The molecule has 0 unspecified atom stereocenters. The summed E-state index contributed by atoms with van der Waals surface area (Å²) in [5, 5.41) is 11.5. The second-order valence-electron chi connectivity index (χ2n) is 3.75. The number of hydrogen-bond donors (Lipinski definition) is 2. The minimum absolute atomic E-state index is 0.0480. The predicted molar refractivity (Wildman–Crippen MR) is 71.1 cm³/mol. The second-order valence-corrected chi connectivity index (χ2v) is 4.52. The van der Waals surface area contributed by atoms with Gasteiger partial charge in [-0.05, 0) is 18.2 Å². The van der Waals surface area contributed by atoms with Crippen LogP contribution in [0, 0.1) is 0 Å². The minimum atomic E-state index is -1.17. The Kier molecular flexibility index (Phi) is 4.26. The van der Waals surface area contributed by atoms with Gasteiger partial charge in [0.25, 0.3) is 5.91 Å². The molecule has 0 bridgehead atoms. The molecule has 0 spiro atoms. The molecule has 2 heterocycles. The highest BCUT2D eigenvalue weighted by molar-refractivity contribution is 6.41. The number of aromatic carboxylic acids is 1. The Labute approximate surface area is 123 Å². The van der Waals surface area contributed by atoms with Crippen LogP contribution in [0.1, 0.15) is 26.7 Å². The number of amides is 1. The maximum absolute atomic E-state index is 11.8. The number of carbonyl (C=O) groups excluding carboxylic acids is 1. The highest BCUT2D eigenvalue weighted by Crippen LogP contribution is 2.19. The van der Waals surface area contributed by atoms with Crippen LogP contribution in [0.4, 0.5) is 0 Å². The van der Waals surface area contributed by atoms with Crippen LogP contribution in [0.25, 0.3) is 0 Å². The number of furan rings is 1. The number of hydrogen-bond acceptors (Lipinski definition) is 4. The average Bonchev–Trinajstić information content (AvgIpc) is 2.88. The Hall–Kier alpha value is -2.05. The second kappa shape index (κ2) is 5.94. The standard InChI is InChI=1S/C12H8Cl2N2O4/c13-8-3-6(4-15-10(8)14)11(17)16-5-7-1-2-9(20-7)12(18)19/h1-4H,5H2,(H,16,17)(H,18,19). The Morgan fingerprint density at radius 1 is 1.35 bits per heavy atom. The molecule has 0 atom stereocenters. The van der Waals surface area contributed by atoms with E-state index in [1.807, 2.05) is 0 Å². The van der Waals surface area contributed by atoms with E-state index >= 15 is 0 Å². The number of nitrogens with zero attached hydrogens (tertiary/aromatic N) is 1. The largest absolute Gasteiger partial charge is 0.475 e. The molecule has 2 rings (SSSR count). The zero-order valence-electron chi connectivity index (χ0n) is 9.89. The lowest BCUT2D eigenvalue weighted by Crippen LogP contribution is -2.22. The van der Waals surface area contributed by atoms with Crippen molar-refractivity contribution in [3.63, 3.8) is 0 Å². The van der Waals surface area contributed by atoms with Gasteiger partial charge in [0.05, 0.1) is 17.1 Å². The Morgan fingerprint density at radius 2 is 2.10 bits per heavy atom. The summed E-state index contributed by atoms with van der Waals surface area (Å²) in [5.74, 6) is -1.46. The van der Waals surface area contributed by atoms with Crippen molar-refractivity contribution < 1.29 is 19.1 Å². The van der Waals surface area contributed by atoms with Crippen molar-refractivity contribution >= 4 is 35.1 Å². The molecule has 0 aliphatic rings. The summed E-state index contributed by atoms with van der Waals surface area (Å²) < 4.78 is 5.00. The third kappa shape index (κ3) is 3.28. The van der Waals surface area contributed by atoms with Crippen molar-refractivity contribution in [1.82, 2.24) is 10.3 Å². The highest BCUT2D eigenvalue weighted by Gasteiger charge is 2.12. The van der Waals surface area contributed by atoms with Gasteiger partial charge in [-0.15, -0.1) is 0 Å². The number of carboxylic acid groups (broad SMARTS) is 1. The zero-order valence-corrected chi connectivity index (χ0v) is 11.4. The van der Waals surface area contributed by atoms with E-state index in [0.29, 0.717) is 5.76 Å². The Bertz CT molecular complexity index is 669. The van der Waals surface area contributed by atoms with Gasteiger partial charge in [0.1, 0.15) is 10.9 Å². The fourth-order valence-electron chi connectivity index (χ4n) is 1.40. The molecule has 0 aliphatic carbocycles. The first kappa shape index (κ1) is 14.4. The van der Waals surface area contributed by atoms with E-state index in [0.717, 1.165) is 0 Å². The molecule has 0 aliphatic heterocycles. The zero-order chi connectivity index (χ0) is 14.7. The first-order valence-corrected chi connectivity index (χ1v) is 6.14. The third-order valence-corrected chi connectivity index (χ3v) is 3.04. The van der Waals surface area contributed by atoms with Crippen LogP contribution in [-0.2, 0) is 6.54 Å². The van der Waals surface area contributed by atoms with Crippen molar-refractivity contribution in [1.29, 1.82) is 0 Å². The molecule has 1 amide bonds. The van der Waals surface area contributed by atoms with Gasteiger partial charge in [-0.2, -0.15) is 0 Å². The van der Waals surface area contributed by atoms with Gasteiger partial charge >= 0.3 is 5.97 Å². The normalized spacial score (nSPS) is 10.3. The third-order valence-electron chi connectivity index (χ3n) is 2.35. The number of rotatable bonds is 4. The molecule has 104 valence electrons. The lowest BCUT2D eigenvalue weighted by Gasteiger charge is -2.04. The monoisotopic (exact) mass is 314 g/mol. The number of aromatic nitrogens is 1. The van der Waals surface area contributed by atoms with Crippen molar-refractivity contribution in [3.05, 3.63) is 51.7 Å². The summed E-state index contributed by atoms with van der Waals surface area (Å²) >= 11 is 11.4. The first-order chi connectivity index (χ1) is 9.47. The number of nitrogens with one attached hydrogen (secondary N) is 1. The number of carboxylic acids is 1. The van der Waals surface area contributed by atoms with Gasteiger partial charge in [0.15, 0.2) is 0 Å². The van der Waals surface area contributed by atoms with E-state index in [1.165, 1.54) is 24.4 Å². The van der Waals surface area contributed by atoms with E-state index < -0.39 is 11.9 Å². The fourth-order valence-corrected chi connectivity index (χ4v) is 1.67. The smallest absolute Gasteiger partial charge is 0.371 e. The summed E-state index contributed by atoms with van der Waals surface area (Å²) in [7, 11) is 0. The number of pyridine rings is 1. The van der Waals surface area contributed by atoms with Crippen molar-refractivity contribution in [2.75, 3.05) is 0 Å². The lowest BCUT2D eigenvalue weighted by molar-refractivity contribution is 0.0660. The Balaban J connectivity index is 2.00. The molecule has 2 aromatic heterocycles. The van der Waals surface area contributed by atoms with Crippen LogP contribution >= 0.6 is 23.2 Å². The predicted octanol–water partition coefficient (Wildman–Crippen LogP) is 2.61. The van der Waals surface area contributed by atoms with Gasteiger partial charge in [0, 0.05) is 6.20 Å². The van der Waals surface area contributed by atoms with E-state index in [1.54, 1.807) is 0 Å². The fraction of sp³-hybridized carbons (Fsp3) is 0.0833. The molecule has 0 aromatic carbocycles. The highest BCUT2D eigenvalue weighted by atomic mass is 35.5. The lowest BCUT2D eigenvalue weighted by atomic mass is 10.2. The molecule has 0 saturated heterocycles. The molecule has 2 N–H and O–H groups in total. The van der Waals surface area contributed by atoms with Crippen LogP contribution in [0.15, 0.2) is 28.8 Å². The van der Waals surface area contributed by atoms with Crippen LogP contribution in [0.3, 0.4) is 0 Å². The Morgan fingerprint density at radius 3 is 2.70 bits per heavy atom.